The van der Waals surface area contributed by atoms with Crippen LogP contribution in [0.15, 0.2) is 43.5 Å². The van der Waals surface area contributed by atoms with Crippen molar-refractivity contribution >= 4 is 11.8 Å². The predicted molar refractivity (Wildman–Crippen MR) is 55.2 cm³/mol. The Morgan fingerprint density at radius 1 is 1.25 bits per heavy atom. The molecule has 12 heavy (non-hydrogen) atoms. The fourth-order valence-corrected chi connectivity index (χ4v) is 1.02. The van der Waals surface area contributed by atoms with E-state index in [1.807, 2.05) is 36.4 Å². The van der Waals surface area contributed by atoms with Gasteiger partial charge in [-0.25, -0.2) is 0 Å². The van der Waals surface area contributed by atoms with Gasteiger partial charge in [0.25, 0.3) is 0 Å². The van der Waals surface area contributed by atoms with Gasteiger partial charge in [0, 0.05) is 12.2 Å². The molecule has 0 amide bonds. The third kappa shape index (κ3) is 1.99. The lowest BCUT2D eigenvalue weighted by Crippen LogP contribution is -1.98. The summed E-state index contributed by atoms with van der Waals surface area (Å²) in [6.45, 7) is 8.16. The van der Waals surface area contributed by atoms with Gasteiger partial charge < -0.3 is 5.32 Å². The molecule has 0 bridgehead atoms. The third-order valence-electron chi connectivity index (χ3n) is 1.62. The van der Waals surface area contributed by atoms with Gasteiger partial charge in [-0.3, -0.25) is 0 Å². The quantitative estimate of drug-likeness (QED) is 0.666. The highest BCUT2D eigenvalue weighted by atomic mass is 14.9. The summed E-state index contributed by atoms with van der Waals surface area (Å²) in [6, 6.07) is 8.05. The second kappa shape index (κ2) is 4.39. The number of anilines is 1. The summed E-state index contributed by atoms with van der Waals surface area (Å²) in [5, 5.41) is 3.22. The van der Waals surface area contributed by atoms with Crippen molar-refractivity contribution in [3.05, 3.63) is 49.1 Å². The van der Waals surface area contributed by atoms with Crippen molar-refractivity contribution in [1.82, 2.24) is 0 Å². The number of hydrogen-bond acceptors (Lipinski definition) is 1. The number of nitrogens with one attached hydrogen (secondary N) is 1. The molecule has 62 valence electrons. The molecule has 0 aliphatic rings. The summed E-state index contributed by atoms with van der Waals surface area (Å²) in [5.41, 5.74) is 2.23. The van der Waals surface area contributed by atoms with Crippen LogP contribution in [0.25, 0.3) is 6.08 Å². The first-order valence-electron chi connectivity index (χ1n) is 3.94. The number of benzene rings is 1. The lowest BCUT2D eigenvalue weighted by Gasteiger charge is -2.06. The molecule has 1 aromatic carbocycles. The van der Waals surface area contributed by atoms with Crippen molar-refractivity contribution in [3.8, 4) is 0 Å². The van der Waals surface area contributed by atoms with Gasteiger partial charge in [0.05, 0.1) is 0 Å². The fraction of sp³-hybridized carbons (Fsp3) is 0.0909. The molecule has 1 N–H and O–H groups in total. The van der Waals surface area contributed by atoms with Gasteiger partial charge in [0.1, 0.15) is 0 Å². The molecule has 0 aromatic heterocycles. The second-order valence-corrected chi connectivity index (χ2v) is 2.46. The number of hydrogen-bond donors (Lipinski definition) is 1. The Labute approximate surface area is 73.4 Å². The van der Waals surface area contributed by atoms with Crippen molar-refractivity contribution < 1.29 is 0 Å². The van der Waals surface area contributed by atoms with E-state index in [-0.39, 0.29) is 0 Å². The fourth-order valence-electron chi connectivity index (χ4n) is 1.02. The maximum absolute atomic E-state index is 3.73. The second-order valence-electron chi connectivity index (χ2n) is 2.46. The summed E-state index contributed by atoms with van der Waals surface area (Å²) in [7, 11) is 0. The average Bonchev–Trinajstić information content (AvgIpc) is 2.15. The van der Waals surface area contributed by atoms with Crippen LogP contribution in [0.2, 0.25) is 0 Å². The van der Waals surface area contributed by atoms with Gasteiger partial charge in [-0.1, -0.05) is 36.9 Å². The zero-order valence-corrected chi connectivity index (χ0v) is 7.09. The first-order chi connectivity index (χ1) is 5.88. The lowest BCUT2D eigenvalue weighted by molar-refractivity contribution is 1.34. The van der Waals surface area contributed by atoms with Crippen LogP contribution in [-0.2, 0) is 0 Å². The molecule has 0 radical (unpaired) electrons. The van der Waals surface area contributed by atoms with Crippen LogP contribution in [0.5, 0.6) is 0 Å². The van der Waals surface area contributed by atoms with Crippen molar-refractivity contribution in [3.63, 3.8) is 0 Å². The molecule has 0 spiro atoms. The Hall–Kier alpha value is -1.50. The zero-order chi connectivity index (χ0) is 8.81. The van der Waals surface area contributed by atoms with Crippen LogP contribution in [-0.4, -0.2) is 6.54 Å². The molecule has 0 unspecified atom stereocenters. The highest BCUT2D eigenvalue weighted by molar-refractivity contribution is 5.65. The van der Waals surface area contributed by atoms with Gasteiger partial charge in [0.15, 0.2) is 0 Å². The predicted octanol–water partition coefficient (Wildman–Crippen LogP) is 2.93. The van der Waals surface area contributed by atoms with E-state index in [2.05, 4.69) is 18.5 Å². The van der Waals surface area contributed by atoms with E-state index in [1.54, 1.807) is 0 Å². The molecule has 0 heterocycles. The Balaban J connectivity index is 2.81. The molecule has 1 rings (SSSR count). The van der Waals surface area contributed by atoms with Crippen molar-refractivity contribution in [2.75, 3.05) is 11.9 Å². The third-order valence-corrected chi connectivity index (χ3v) is 1.62. The van der Waals surface area contributed by atoms with Crippen molar-refractivity contribution in [2.24, 2.45) is 0 Å². The average molecular weight is 159 g/mol. The van der Waals surface area contributed by atoms with E-state index >= 15 is 0 Å². The summed E-state index contributed by atoms with van der Waals surface area (Å²) < 4.78 is 0. The molecule has 0 fully saturated rings. The van der Waals surface area contributed by atoms with Crippen LogP contribution >= 0.6 is 0 Å². The SMILES string of the molecule is C=CCNc1ccccc1C=C. The van der Waals surface area contributed by atoms with Gasteiger partial charge in [0.2, 0.25) is 0 Å². The normalized spacial score (nSPS) is 9.00. The number of para-hydroxylation sites is 1. The van der Waals surface area contributed by atoms with E-state index in [4.69, 9.17) is 0 Å². The molecule has 0 saturated heterocycles. The molecular weight excluding hydrogens is 146 g/mol. The van der Waals surface area contributed by atoms with Gasteiger partial charge in [-0.2, -0.15) is 0 Å². The molecular formula is C11H13N. The smallest absolute Gasteiger partial charge is 0.0416 e. The standard InChI is InChI=1S/C11H13N/c1-3-9-12-11-8-6-5-7-10(11)4-2/h3-8,12H,1-2,9H2. The maximum atomic E-state index is 3.73. The Bertz CT molecular complexity index is 276. The summed E-state index contributed by atoms with van der Waals surface area (Å²) in [5.74, 6) is 0. The van der Waals surface area contributed by atoms with Crippen molar-refractivity contribution in [1.29, 1.82) is 0 Å². The minimum Gasteiger partial charge on any atom is -0.381 e. The van der Waals surface area contributed by atoms with Crippen LogP contribution < -0.4 is 5.32 Å². The topological polar surface area (TPSA) is 12.0 Å². The lowest BCUT2D eigenvalue weighted by atomic mass is 10.2. The molecule has 0 saturated carbocycles. The summed E-state index contributed by atoms with van der Waals surface area (Å²) >= 11 is 0. The van der Waals surface area contributed by atoms with E-state index in [0.29, 0.717) is 0 Å². The number of rotatable bonds is 4. The minimum atomic E-state index is 0.783. The monoisotopic (exact) mass is 159 g/mol. The summed E-state index contributed by atoms with van der Waals surface area (Å²) in [4.78, 5) is 0. The molecule has 1 aromatic rings. The minimum absolute atomic E-state index is 0.783. The van der Waals surface area contributed by atoms with Gasteiger partial charge in [-0.05, 0) is 11.6 Å². The van der Waals surface area contributed by atoms with E-state index in [0.717, 1.165) is 17.8 Å². The molecule has 0 aliphatic heterocycles. The Morgan fingerprint density at radius 2 is 2.00 bits per heavy atom. The van der Waals surface area contributed by atoms with E-state index in [1.165, 1.54) is 0 Å². The first-order valence-corrected chi connectivity index (χ1v) is 3.94. The maximum Gasteiger partial charge on any atom is 0.0416 e. The van der Waals surface area contributed by atoms with Crippen LogP contribution in [0.4, 0.5) is 5.69 Å². The van der Waals surface area contributed by atoms with Crippen LogP contribution in [0.1, 0.15) is 5.56 Å². The van der Waals surface area contributed by atoms with E-state index in [9.17, 15) is 0 Å². The molecule has 1 nitrogen and oxygen atoms in total. The zero-order valence-electron chi connectivity index (χ0n) is 7.09. The molecule has 1 heteroatoms. The highest BCUT2D eigenvalue weighted by Gasteiger charge is 1.93. The molecule has 0 atom stereocenters. The van der Waals surface area contributed by atoms with Gasteiger partial charge >= 0.3 is 0 Å². The molecule has 0 aliphatic carbocycles. The van der Waals surface area contributed by atoms with Crippen LogP contribution in [0, 0.1) is 0 Å². The largest absolute Gasteiger partial charge is 0.381 e. The van der Waals surface area contributed by atoms with Gasteiger partial charge in [-0.15, -0.1) is 6.58 Å². The Kier molecular flexibility index (Phi) is 3.15. The highest BCUT2D eigenvalue weighted by Crippen LogP contribution is 2.15. The van der Waals surface area contributed by atoms with E-state index < -0.39 is 0 Å². The van der Waals surface area contributed by atoms with Crippen molar-refractivity contribution in [2.45, 2.75) is 0 Å². The Morgan fingerprint density at radius 3 is 2.67 bits per heavy atom. The van der Waals surface area contributed by atoms with Crippen LogP contribution in [0.3, 0.4) is 0 Å². The first kappa shape index (κ1) is 8.60. The summed E-state index contributed by atoms with van der Waals surface area (Å²) in [6.07, 6.45) is 3.67.